The van der Waals surface area contributed by atoms with E-state index < -0.39 is 5.97 Å². The minimum Gasteiger partial charge on any atom is -0.505 e. The van der Waals surface area contributed by atoms with Crippen LogP contribution >= 0.6 is 11.5 Å². The van der Waals surface area contributed by atoms with Crippen molar-refractivity contribution >= 4 is 27.6 Å². The first kappa shape index (κ1) is 14.5. The lowest BCUT2D eigenvalue weighted by Crippen LogP contribution is -2.08. The van der Waals surface area contributed by atoms with E-state index in [1.807, 2.05) is 30.3 Å². The molecule has 0 aliphatic carbocycles. The molecule has 1 N–H and O–H groups in total. The monoisotopic (exact) mass is 314 g/mol. The van der Waals surface area contributed by atoms with Crippen LogP contribution in [0.1, 0.15) is 23.1 Å². The number of pyridine rings is 1. The maximum Gasteiger partial charge on any atom is 0.360 e. The lowest BCUT2D eigenvalue weighted by atomic mass is 10.1. The van der Waals surface area contributed by atoms with Crippen molar-refractivity contribution in [3.8, 4) is 17.0 Å². The molecular formula is C16H14N2O3S. The van der Waals surface area contributed by atoms with Crippen molar-refractivity contribution in [2.24, 2.45) is 0 Å². The SMILES string of the molecule is CCOC(=O)c1nc(C)c2snc(-c3ccccc3)c2c1O. The summed E-state index contributed by atoms with van der Waals surface area (Å²) in [5, 5.41) is 11.1. The average molecular weight is 314 g/mol. The first-order valence-electron chi connectivity index (χ1n) is 6.85. The van der Waals surface area contributed by atoms with Gasteiger partial charge in [0.25, 0.3) is 0 Å². The Morgan fingerprint density at radius 2 is 2.05 bits per heavy atom. The van der Waals surface area contributed by atoms with E-state index in [2.05, 4.69) is 9.36 Å². The van der Waals surface area contributed by atoms with Gasteiger partial charge in [0, 0.05) is 5.56 Å². The largest absolute Gasteiger partial charge is 0.505 e. The summed E-state index contributed by atoms with van der Waals surface area (Å²) in [4.78, 5) is 16.1. The highest BCUT2D eigenvalue weighted by molar-refractivity contribution is 7.14. The summed E-state index contributed by atoms with van der Waals surface area (Å²) < 4.78 is 10.1. The van der Waals surface area contributed by atoms with Gasteiger partial charge in [-0.3, -0.25) is 0 Å². The second-order valence-electron chi connectivity index (χ2n) is 4.72. The number of carbonyl (C=O) groups excluding carboxylic acids is 1. The maximum absolute atomic E-state index is 12.0. The van der Waals surface area contributed by atoms with Crippen molar-refractivity contribution in [1.82, 2.24) is 9.36 Å². The third-order valence-electron chi connectivity index (χ3n) is 3.28. The highest BCUT2D eigenvalue weighted by atomic mass is 32.1. The lowest BCUT2D eigenvalue weighted by molar-refractivity contribution is 0.0516. The van der Waals surface area contributed by atoms with Crippen LogP contribution in [0.15, 0.2) is 30.3 Å². The quantitative estimate of drug-likeness (QED) is 0.748. The molecule has 22 heavy (non-hydrogen) atoms. The number of esters is 1. The molecule has 0 atom stereocenters. The fourth-order valence-electron chi connectivity index (χ4n) is 2.28. The van der Waals surface area contributed by atoms with Crippen LogP contribution in [-0.4, -0.2) is 27.0 Å². The third kappa shape index (κ3) is 2.31. The molecule has 1 aromatic carbocycles. The number of carbonyl (C=O) groups is 1. The zero-order chi connectivity index (χ0) is 15.7. The topological polar surface area (TPSA) is 72.3 Å². The zero-order valence-corrected chi connectivity index (χ0v) is 13.0. The zero-order valence-electron chi connectivity index (χ0n) is 12.2. The first-order chi connectivity index (χ1) is 10.6. The molecule has 0 saturated heterocycles. The van der Waals surface area contributed by atoms with Crippen molar-refractivity contribution < 1.29 is 14.6 Å². The van der Waals surface area contributed by atoms with Gasteiger partial charge in [-0.05, 0) is 25.4 Å². The number of aryl methyl sites for hydroxylation is 1. The molecule has 0 aliphatic heterocycles. The van der Waals surface area contributed by atoms with Gasteiger partial charge in [0.15, 0.2) is 11.4 Å². The van der Waals surface area contributed by atoms with E-state index in [0.29, 0.717) is 16.8 Å². The van der Waals surface area contributed by atoms with Gasteiger partial charge in [-0.25, -0.2) is 9.78 Å². The van der Waals surface area contributed by atoms with Gasteiger partial charge in [-0.2, -0.15) is 4.37 Å². The van der Waals surface area contributed by atoms with Crippen LogP contribution < -0.4 is 0 Å². The summed E-state index contributed by atoms with van der Waals surface area (Å²) in [6.07, 6.45) is 0. The molecular weight excluding hydrogens is 300 g/mol. The van der Waals surface area contributed by atoms with Gasteiger partial charge in [0.1, 0.15) is 0 Å². The van der Waals surface area contributed by atoms with Gasteiger partial charge in [0.2, 0.25) is 0 Å². The smallest absolute Gasteiger partial charge is 0.360 e. The Kier molecular flexibility index (Phi) is 3.77. The summed E-state index contributed by atoms with van der Waals surface area (Å²) in [5.41, 5.74) is 2.11. The van der Waals surface area contributed by atoms with Crippen molar-refractivity contribution in [1.29, 1.82) is 0 Å². The maximum atomic E-state index is 12.0. The molecule has 0 saturated carbocycles. The van der Waals surface area contributed by atoms with E-state index in [9.17, 15) is 9.90 Å². The van der Waals surface area contributed by atoms with Crippen molar-refractivity contribution in [3.63, 3.8) is 0 Å². The van der Waals surface area contributed by atoms with E-state index >= 15 is 0 Å². The molecule has 112 valence electrons. The van der Waals surface area contributed by atoms with Gasteiger partial charge in [0.05, 0.1) is 28.1 Å². The number of ether oxygens (including phenoxy) is 1. The number of benzene rings is 1. The summed E-state index contributed by atoms with van der Waals surface area (Å²) in [6, 6.07) is 9.53. The third-order valence-corrected chi connectivity index (χ3v) is 4.23. The molecule has 6 heteroatoms. The minimum atomic E-state index is -0.629. The van der Waals surface area contributed by atoms with E-state index in [1.165, 1.54) is 11.5 Å². The van der Waals surface area contributed by atoms with Crippen LogP contribution in [-0.2, 0) is 4.74 Å². The molecule has 5 nitrogen and oxygen atoms in total. The van der Waals surface area contributed by atoms with Gasteiger partial charge >= 0.3 is 5.97 Å². The highest BCUT2D eigenvalue weighted by Crippen LogP contribution is 2.39. The lowest BCUT2D eigenvalue weighted by Gasteiger charge is -2.07. The predicted molar refractivity (Wildman–Crippen MR) is 85.2 cm³/mol. The number of aromatic hydroxyl groups is 1. The van der Waals surface area contributed by atoms with Gasteiger partial charge in [-0.1, -0.05) is 30.3 Å². The molecule has 0 radical (unpaired) electrons. The van der Waals surface area contributed by atoms with Crippen molar-refractivity contribution in [3.05, 3.63) is 41.7 Å². The Labute approximate surface area is 131 Å². The molecule has 2 heterocycles. The summed E-state index contributed by atoms with van der Waals surface area (Å²) in [6.45, 7) is 3.73. The van der Waals surface area contributed by atoms with Crippen LogP contribution in [0.5, 0.6) is 5.75 Å². The number of fused-ring (bicyclic) bond motifs is 1. The number of aromatic nitrogens is 2. The molecule has 3 rings (SSSR count). The van der Waals surface area contributed by atoms with Crippen LogP contribution in [0.2, 0.25) is 0 Å². The minimum absolute atomic E-state index is 0.0655. The molecule has 0 amide bonds. The first-order valence-corrected chi connectivity index (χ1v) is 7.62. The molecule has 3 aromatic rings. The van der Waals surface area contributed by atoms with Crippen molar-refractivity contribution in [2.75, 3.05) is 6.61 Å². The number of hydrogen-bond acceptors (Lipinski definition) is 6. The summed E-state index contributed by atoms with van der Waals surface area (Å²) in [7, 11) is 0. The molecule has 0 bridgehead atoms. The van der Waals surface area contributed by atoms with E-state index in [1.54, 1.807) is 13.8 Å². The molecule has 0 spiro atoms. The van der Waals surface area contributed by atoms with Crippen molar-refractivity contribution in [2.45, 2.75) is 13.8 Å². The second kappa shape index (κ2) is 5.73. The standard InChI is InChI=1S/C16H14N2O3S/c1-3-21-16(20)13-14(19)11-12(10-7-5-4-6-8-10)18-22-15(11)9(2)17-13/h4-8,19H,3H2,1-2H3. The Morgan fingerprint density at radius 1 is 1.32 bits per heavy atom. The fraction of sp³-hybridized carbons (Fsp3) is 0.188. The predicted octanol–water partition coefficient (Wildman–Crippen LogP) is 3.55. The van der Waals surface area contributed by atoms with Crippen LogP contribution in [0.25, 0.3) is 21.3 Å². The number of hydrogen-bond donors (Lipinski definition) is 1. The number of nitrogens with zero attached hydrogens (tertiary/aromatic N) is 2. The van der Waals surface area contributed by atoms with E-state index in [-0.39, 0.29) is 18.1 Å². The fourth-order valence-corrected chi connectivity index (χ4v) is 3.12. The van der Waals surface area contributed by atoms with E-state index in [0.717, 1.165) is 10.3 Å². The Bertz CT molecular complexity index is 843. The molecule has 2 aromatic heterocycles. The Balaban J connectivity index is 2.27. The Morgan fingerprint density at radius 3 is 2.73 bits per heavy atom. The summed E-state index contributed by atoms with van der Waals surface area (Å²) in [5.74, 6) is -0.804. The van der Waals surface area contributed by atoms with Gasteiger partial charge < -0.3 is 9.84 Å². The summed E-state index contributed by atoms with van der Waals surface area (Å²) >= 11 is 1.26. The molecule has 0 aliphatic rings. The second-order valence-corrected chi connectivity index (χ2v) is 5.49. The molecule has 0 unspecified atom stereocenters. The molecule has 0 fully saturated rings. The highest BCUT2D eigenvalue weighted by Gasteiger charge is 2.23. The van der Waals surface area contributed by atoms with Crippen LogP contribution in [0, 0.1) is 6.92 Å². The normalized spacial score (nSPS) is 10.8. The van der Waals surface area contributed by atoms with Gasteiger partial charge in [-0.15, -0.1) is 0 Å². The van der Waals surface area contributed by atoms with Crippen LogP contribution in [0.3, 0.4) is 0 Å². The van der Waals surface area contributed by atoms with E-state index in [4.69, 9.17) is 4.74 Å². The number of rotatable bonds is 3. The van der Waals surface area contributed by atoms with Crippen LogP contribution in [0.4, 0.5) is 0 Å². The average Bonchev–Trinajstić information content (AvgIpc) is 2.97. The Hall–Kier alpha value is -2.47.